The van der Waals surface area contributed by atoms with Gasteiger partial charge in [-0.2, -0.15) is 0 Å². The molecule has 3 rings (SSSR count). The van der Waals surface area contributed by atoms with Crippen LogP contribution in [0.1, 0.15) is 30.1 Å². The third-order valence-electron chi connectivity index (χ3n) is 4.84. The number of carbonyl (C=O) groups is 1. The first-order valence-corrected chi connectivity index (χ1v) is 8.71. The number of halogens is 1. The molecule has 6 heteroatoms. The molecule has 134 valence electrons. The molecule has 0 spiro atoms. The molecule has 0 unspecified atom stereocenters. The predicted octanol–water partition coefficient (Wildman–Crippen LogP) is 2.40. The van der Waals surface area contributed by atoms with E-state index >= 15 is 0 Å². The monoisotopic (exact) mass is 344 g/mol. The van der Waals surface area contributed by atoms with Crippen molar-refractivity contribution in [2.45, 2.75) is 25.3 Å². The normalized spacial score (nSPS) is 15.8. The first-order chi connectivity index (χ1) is 12.0. The van der Waals surface area contributed by atoms with Gasteiger partial charge in [-0.3, -0.25) is 9.69 Å². The summed E-state index contributed by atoms with van der Waals surface area (Å²) in [6.45, 7) is 2.57. The molecule has 0 bridgehead atoms. The topological polar surface area (TPSA) is 41.4 Å². The number of nitrogens with zero attached hydrogens (tertiary/aromatic N) is 4. The summed E-state index contributed by atoms with van der Waals surface area (Å²) in [7, 11) is 3.94. The molecule has 0 N–H and O–H groups in total. The highest BCUT2D eigenvalue weighted by Crippen LogP contribution is 2.26. The number of likely N-dealkylation sites (tertiary alicyclic amines) is 1. The van der Waals surface area contributed by atoms with E-state index in [9.17, 15) is 9.18 Å². The van der Waals surface area contributed by atoms with Crippen molar-refractivity contribution >= 4 is 5.91 Å². The molecule has 1 aromatic carbocycles. The lowest BCUT2D eigenvalue weighted by molar-refractivity contribution is -0.133. The highest BCUT2D eigenvalue weighted by atomic mass is 19.1. The molecule has 0 radical (unpaired) electrons. The van der Waals surface area contributed by atoms with Gasteiger partial charge in [0, 0.05) is 45.0 Å². The van der Waals surface area contributed by atoms with Crippen molar-refractivity contribution in [1.29, 1.82) is 0 Å². The van der Waals surface area contributed by atoms with Crippen molar-refractivity contribution in [2.24, 2.45) is 7.05 Å². The van der Waals surface area contributed by atoms with Crippen LogP contribution in [0, 0.1) is 5.82 Å². The molecule has 1 aliphatic heterocycles. The van der Waals surface area contributed by atoms with E-state index in [-0.39, 0.29) is 11.7 Å². The zero-order valence-corrected chi connectivity index (χ0v) is 14.9. The van der Waals surface area contributed by atoms with Crippen LogP contribution in [0.2, 0.25) is 0 Å². The Kier molecular flexibility index (Phi) is 5.48. The van der Waals surface area contributed by atoms with Crippen LogP contribution >= 0.6 is 0 Å². The van der Waals surface area contributed by atoms with Crippen molar-refractivity contribution in [3.05, 3.63) is 53.9 Å². The number of imidazole rings is 1. The fourth-order valence-electron chi connectivity index (χ4n) is 3.45. The number of aromatic nitrogens is 2. The molecule has 0 aliphatic carbocycles. The molecule has 2 heterocycles. The van der Waals surface area contributed by atoms with Gasteiger partial charge in [-0.25, -0.2) is 9.37 Å². The van der Waals surface area contributed by atoms with E-state index in [0.29, 0.717) is 19.0 Å². The lowest BCUT2D eigenvalue weighted by Gasteiger charge is -2.32. The maximum Gasteiger partial charge on any atom is 0.236 e. The van der Waals surface area contributed by atoms with Gasteiger partial charge in [-0.1, -0.05) is 12.1 Å². The first kappa shape index (κ1) is 17.6. The van der Waals surface area contributed by atoms with Gasteiger partial charge in [0.25, 0.3) is 0 Å². The van der Waals surface area contributed by atoms with Crippen LogP contribution in [-0.4, -0.2) is 51.9 Å². The number of likely N-dealkylation sites (N-methyl/N-ethyl adjacent to an activating group) is 1. The van der Waals surface area contributed by atoms with E-state index in [4.69, 9.17) is 0 Å². The van der Waals surface area contributed by atoms with Gasteiger partial charge in [0.15, 0.2) is 0 Å². The lowest BCUT2D eigenvalue weighted by Crippen LogP contribution is -2.43. The van der Waals surface area contributed by atoms with Crippen LogP contribution in [0.5, 0.6) is 0 Å². The van der Waals surface area contributed by atoms with Gasteiger partial charge in [0.1, 0.15) is 11.6 Å². The number of hydrogen-bond donors (Lipinski definition) is 0. The second kappa shape index (κ2) is 7.78. The van der Waals surface area contributed by atoms with E-state index in [1.165, 1.54) is 12.1 Å². The van der Waals surface area contributed by atoms with Crippen LogP contribution in [0.25, 0.3) is 0 Å². The average molecular weight is 344 g/mol. The Labute approximate surface area is 148 Å². The van der Waals surface area contributed by atoms with Gasteiger partial charge >= 0.3 is 0 Å². The van der Waals surface area contributed by atoms with Crippen LogP contribution < -0.4 is 0 Å². The molecule has 0 atom stereocenters. The van der Waals surface area contributed by atoms with E-state index in [1.54, 1.807) is 12.1 Å². The predicted molar refractivity (Wildman–Crippen MR) is 94.5 cm³/mol. The van der Waals surface area contributed by atoms with Crippen molar-refractivity contribution in [3.63, 3.8) is 0 Å². The Balaban J connectivity index is 1.47. The molecule has 25 heavy (non-hydrogen) atoms. The summed E-state index contributed by atoms with van der Waals surface area (Å²) < 4.78 is 15.0. The van der Waals surface area contributed by atoms with Gasteiger partial charge in [0.2, 0.25) is 5.91 Å². The smallest absolute Gasteiger partial charge is 0.236 e. The Bertz CT molecular complexity index is 704. The van der Waals surface area contributed by atoms with Gasteiger partial charge in [-0.05, 0) is 37.6 Å². The first-order valence-electron chi connectivity index (χ1n) is 8.71. The number of benzene rings is 1. The molecule has 0 saturated carbocycles. The van der Waals surface area contributed by atoms with Crippen molar-refractivity contribution in [1.82, 2.24) is 19.4 Å². The second-order valence-corrected chi connectivity index (χ2v) is 6.85. The number of aryl methyl sites for hydroxylation is 1. The number of amides is 1. The summed E-state index contributed by atoms with van der Waals surface area (Å²) in [5, 5.41) is 0. The highest BCUT2D eigenvalue weighted by Gasteiger charge is 2.26. The zero-order chi connectivity index (χ0) is 17.8. The van der Waals surface area contributed by atoms with E-state index < -0.39 is 0 Å². The Morgan fingerprint density at radius 1 is 1.28 bits per heavy atom. The zero-order valence-electron chi connectivity index (χ0n) is 14.9. The molecule has 1 aliphatic rings. The number of carbonyl (C=O) groups excluding carboxylic acids is 1. The maximum absolute atomic E-state index is 13.0. The molecule has 1 saturated heterocycles. The summed E-state index contributed by atoms with van der Waals surface area (Å²) in [6.07, 6.45) is 5.71. The van der Waals surface area contributed by atoms with Gasteiger partial charge < -0.3 is 9.47 Å². The average Bonchev–Trinajstić information content (AvgIpc) is 3.03. The molecule has 1 amide bonds. The fraction of sp³-hybridized carbons (Fsp3) is 0.474. The molecule has 1 fully saturated rings. The molecule has 5 nitrogen and oxygen atoms in total. The standard InChI is InChI=1S/C19H25FN4O/c1-22(13-15-3-5-17(20)6-4-15)14-18(25)24-10-7-16(8-11-24)19-21-9-12-23(19)2/h3-6,9,12,16H,7-8,10-11,13-14H2,1-2H3. The SMILES string of the molecule is CN(CC(=O)N1CCC(c2nccn2C)CC1)Cc1ccc(F)cc1. The lowest BCUT2D eigenvalue weighted by atomic mass is 9.96. The second-order valence-electron chi connectivity index (χ2n) is 6.85. The van der Waals surface area contributed by atoms with Crippen LogP contribution in [0.15, 0.2) is 36.7 Å². The molecular formula is C19H25FN4O. The van der Waals surface area contributed by atoms with Crippen molar-refractivity contribution < 1.29 is 9.18 Å². The third-order valence-corrected chi connectivity index (χ3v) is 4.84. The molecule has 2 aromatic rings. The van der Waals surface area contributed by atoms with E-state index in [0.717, 1.165) is 37.3 Å². The van der Waals surface area contributed by atoms with Gasteiger partial charge in [-0.15, -0.1) is 0 Å². The van der Waals surface area contributed by atoms with Crippen molar-refractivity contribution in [3.8, 4) is 0 Å². The Morgan fingerprint density at radius 3 is 2.56 bits per heavy atom. The fourth-order valence-corrected chi connectivity index (χ4v) is 3.45. The van der Waals surface area contributed by atoms with E-state index in [1.807, 2.05) is 36.3 Å². The summed E-state index contributed by atoms with van der Waals surface area (Å²) in [5.41, 5.74) is 1.00. The minimum absolute atomic E-state index is 0.155. The maximum atomic E-state index is 13.0. The number of piperidine rings is 1. The minimum atomic E-state index is -0.238. The quantitative estimate of drug-likeness (QED) is 0.836. The summed E-state index contributed by atoms with van der Waals surface area (Å²) in [6, 6.07) is 6.42. The summed E-state index contributed by atoms with van der Waals surface area (Å²) >= 11 is 0. The number of rotatable bonds is 5. The molecular weight excluding hydrogens is 319 g/mol. The number of hydrogen-bond acceptors (Lipinski definition) is 3. The molecule has 1 aromatic heterocycles. The Morgan fingerprint density at radius 2 is 1.96 bits per heavy atom. The van der Waals surface area contributed by atoms with E-state index in [2.05, 4.69) is 9.55 Å². The van der Waals surface area contributed by atoms with Crippen LogP contribution in [0.3, 0.4) is 0 Å². The third kappa shape index (κ3) is 4.45. The van der Waals surface area contributed by atoms with Crippen LogP contribution in [-0.2, 0) is 18.4 Å². The van der Waals surface area contributed by atoms with Gasteiger partial charge in [0.05, 0.1) is 6.54 Å². The summed E-state index contributed by atoms with van der Waals surface area (Å²) in [4.78, 5) is 20.9. The summed E-state index contributed by atoms with van der Waals surface area (Å²) in [5.74, 6) is 1.46. The highest BCUT2D eigenvalue weighted by molar-refractivity contribution is 5.78. The van der Waals surface area contributed by atoms with Crippen LogP contribution in [0.4, 0.5) is 4.39 Å². The van der Waals surface area contributed by atoms with Crippen molar-refractivity contribution in [2.75, 3.05) is 26.7 Å². The minimum Gasteiger partial charge on any atom is -0.342 e. The largest absolute Gasteiger partial charge is 0.342 e. The Hall–Kier alpha value is -2.21.